The molecule has 1 aliphatic heterocycles. The predicted molar refractivity (Wildman–Crippen MR) is 56.5 cm³/mol. The standard InChI is InChI=1S/C12H13FO2/c1-14-5-2-3-9-7-11(13)10-4-6-15-12(10)8-9/h2-3,7-8H,4-6H2,1H3/b3-2+. The summed E-state index contributed by atoms with van der Waals surface area (Å²) in [4.78, 5) is 0. The van der Waals surface area contributed by atoms with Crippen molar-refractivity contribution in [1.82, 2.24) is 0 Å². The third-order valence-corrected chi connectivity index (χ3v) is 2.36. The molecule has 0 amide bonds. The molecule has 0 saturated carbocycles. The second kappa shape index (κ2) is 4.45. The van der Waals surface area contributed by atoms with E-state index in [0.29, 0.717) is 30.9 Å². The highest BCUT2D eigenvalue weighted by Crippen LogP contribution is 2.29. The van der Waals surface area contributed by atoms with Gasteiger partial charge in [0.2, 0.25) is 0 Å². The minimum Gasteiger partial charge on any atom is -0.493 e. The van der Waals surface area contributed by atoms with Crippen LogP contribution in [0.15, 0.2) is 18.2 Å². The van der Waals surface area contributed by atoms with Gasteiger partial charge in [-0.05, 0) is 17.7 Å². The number of methoxy groups -OCH3 is 1. The molecule has 0 bridgehead atoms. The van der Waals surface area contributed by atoms with E-state index in [2.05, 4.69) is 0 Å². The van der Waals surface area contributed by atoms with Crippen LogP contribution in [0.4, 0.5) is 4.39 Å². The topological polar surface area (TPSA) is 18.5 Å². The first kappa shape index (κ1) is 10.2. The molecule has 3 heteroatoms. The lowest BCUT2D eigenvalue weighted by atomic mass is 10.1. The van der Waals surface area contributed by atoms with Crippen molar-refractivity contribution in [2.24, 2.45) is 0 Å². The van der Waals surface area contributed by atoms with E-state index in [-0.39, 0.29) is 5.82 Å². The van der Waals surface area contributed by atoms with Gasteiger partial charge in [-0.25, -0.2) is 4.39 Å². The Balaban J connectivity index is 2.23. The molecule has 0 fully saturated rings. The van der Waals surface area contributed by atoms with E-state index in [1.165, 1.54) is 6.07 Å². The molecule has 15 heavy (non-hydrogen) atoms. The first-order valence-corrected chi connectivity index (χ1v) is 4.92. The van der Waals surface area contributed by atoms with Crippen molar-refractivity contribution < 1.29 is 13.9 Å². The molecule has 0 radical (unpaired) electrons. The Labute approximate surface area is 88.3 Å². The number of benzene rings is 1. The van der Waals surface area contributed by atoms with Gasteiger partial charge < -0.3 is 9.47 Å². The van der Waals surface area contributed by atoms with E-state index >= 15 is 0 Å². The third-order valence-electron chi connectivity index (χ3n) is 2.36. The Morgan fingerprint density at radius 3 is 3.20 bits per heavy atom. The number of halogens is 1. The molecular weight excluding hydrogens is 195 g/mol. The maximum absolute atomic E-state index is 13.5. The summed E-state index contributed by atoms with van der Waals surface area (Å²) in [5, 5.41) is 0. The Morgan fingerprint density at radius 1 is 1.53 bits per heavy atom. The minimum atomic E-state index is -0.179. The molecule has 0 atom stereocenters. The molecule has 0 aliphatic carbocycles. The number of ether oxygens (including phenoxy) is 2. The van der Waals surface area contributed by atoms with Crippen LogP contribution in [-0.2, 0) is 11.2 Å². The van der Waals surface area contributed by atoms with Gasteiger partial charge in [0.25, 0.3) is 0 Å². The number of hydrogen-bond donors (Lipinski definition) is 0. The Hall–Kier alpha value is -1.35. The summed E-state index contributed by atoms with van der Waals surface area (Å²) < 4.78 is 23.7. The van der Waals surface area contributed by atoms with Crippen molar-refractivity contribution in [1.29, 1.82) is 0 Å². The minimum absolute atomic E-state index is 0.179. The highest BCUT2D eigenvalue weighted by molar-refractivity contribution is 5.55. The lowest BCUT2D eigenvalue weighted by Gasteiger charge is -2.02. The highest BCUT2D eigenvalue weighted by Gasteiger charge is 2.16. The zero-order valence-corrected chi connectivity index (χ0v) is 8.63. The van der Waals surface area contributed by atoms with E-state index in [4.69, 9.17) is 9.47 Å². The molecule has 0 spiro atoms. The molecule has 0 aromatic heterocycles. The second-order valence-corrected chi connectivity index (χ2v) is 3.44. The Bertz CT molecular complexity index is 385. The van der Waals surface area contributed by atoms with Gasteiger partial charge in [-0.1, -0.05) is 12.2 Å². The largest absolute Gasteiger partial charge is 0.493 e. The summed E-state index contributed by atoms with van der Waals surface area (Å²) in [5.74, 6) is 0.495. The van der Waals surface area contributed by atoms with Crippen molar-refractivity contribution in [2.75, 3.05) is 20.3 Å². The van der Waals surface area contributed by atoms with Crippen LogP contribution in [0.3, 0.4) is 0 Å². The molecule has 1 aromatic carbocycles. The number of rotatable bonds is 3. The van der Waals surface area contributed by atoms with Crippen LogP contribution >= 0.6 is 0 Å². The van der Waals surface area contributed by atoms with E-state index in [1.54, 1.807) is 7.11 Å². The number of hydrogen-bond acceptors (Lipinski definition) is 2. The van der Waals surface area contributed by atoms with E-state index in [1.807, 2.05) is 18.2 Å². The van der Waals surface area contributed by atoms with E-state index in [0.717, 1.165) is 5.56 Å². The first-order valence-electron chi connectivity index (χ1n) is 4.92. The molecule has 2 rings (SSSR count). The fraction of sp³-hybridized carbons (Fsp3) is 0.333. The summed E-state index contributed by atoms with van der Waals surface area (Å²) >= 11 is 0. The van der Waals surface area contributed by atoms with Crippen molar-refractivity contribution in [3.63, 3.8) is 0 Å². The molecule has 0 unspecified atom stereocenters. The summed E-state index contributed by atoms with van der Waals surface area (Å²) in [7, 11) is 1.62. The summed E-state index contributed by atoms with van der Waals surface area (Å²) in [5.41, 5.74) is 1.50. The van der Waals surface area contributed by atoms with E-state index < -0.39 is 0 Å². The van der Waals surface area contributed by atoms with Crippen molar-refractivity contribution in [3.8, 4) is 5.75 Å². The second-order valence-electron chi connectivity index (χ2n) is 3.44. The lowest BCUT2D eigenvalue weighted by molar-refractivity contribution is 0.234. The van der Waals surface area contributed by atoms with E-state index in [9.17, 15) is 4.39 Å². The molecule has 0 saturated heterocycles. The van der Waals surface area contributed by atoms with Crippen LogP contribution < -0.4 is 4.74 Å². The summed E-state index contributed by atoms with van der Waals surface area (Å²) in [6, 6.07) is 3.39. The van der Waals surface area contributed by atoms with Gasteiger partial charge in [-0.2, -0.15) is 0 Å². The number of fused-ring (bicyclic) bond motifs is 1. The lowest BCUT2D eigenvalue weighted by Crippen LogP contribution is -1.87. The zero-order chi connectivity index (χ0) is 10.7. The van der Waals surface area contributed by atoms with Crippen LogP contribution in [0.25, 0.3) is 6.08 Å². The molecule has 80 valence electrons. The van der Waals surface area contributed by atoms with Gasteiger partial charge in [-0.3, -0.25) is 0 Å². The summed E-state index contributed by atoms with van der Waals surface area (Å²) in [6.45, 7) is 1.11. The maximum Gasteiger partial charge on any atom is 0.130 e. The van der Waals surface area contributed by atoms with Crippen LogP contribution in [-0.4, -0.2) is 20.3 Å². The molecule has 1 aliphatic rings. The van der Waals surface area contributed by atoms with Gasteiger partial charge in [0.05, 0.1) is 13.2 Å². The van der Waals surface area contributed by atoms with Crippen molar-refractivity contribution in [2.45, 2.75) is 6.42 Å². The van der Waals surface area contributed by atoms with Crippen molar-refractivity contribution >= 4 is 6.08 Å². The van der Waals surface area contributed by atoms with Gasteiger partial charge in [-0.15, -0.1) is 0 Å². The normalized spacial score (nSPS) is 14.3. The third kappa shape index (κ3) is 2.18. The molecular formula is C12H13FO2. The quantitative estimate of drug-likeness (QED) is 0.759. The van der Waals surface area contributed by atoms with Crippen LogP contribution in [0.2, 0.25) is 0 Å². The van der Waals surface area contributed by atoms with Gasteiger partial charge >= 0.3 is 0 Å². The monoisotopic (exact) mass is 208 g/mol. The van der Waals surface area contributed by atoms with Crippen molar-refractivity contribution in [3.05, 3.63) is 35.2 Å². The molecule has 1 heterocycles. The molecule has 0 N–H and O–H groups in total. The van der Waals surface area contributed by atoms with Crippen LogP contribution in [0, 0.1) is 5.82 Å². The maximum atomic E-state index is 13.5. The van der Waals surface area contributed by atoms with Gasteiger partial charge in [0, 0.05) is 19.1 Å². The molecule has 2 nitrogen and oxygen atoms in total. The molecule has 1 aromatic rings. The van der Waals surface area contributed by atoms with Gasteiger partial charge in [0.15, 0.2) is 0 Å². The average molecular weight is 208 g/mol. The van der Waals surface area contributed by atoms with Gasteiger partial charge in [0.1, 0.15) is 11.6 Å². The van der Waals surface area contributed by atoms with Crippen LogP contribution in [0.5, 0.6) is 5.75 Å². The van der Waals surface area contributed by atoms with Crippen LogP contribution in [0.1, 0.15) is 11.1 Å². The Morgan fingerprint density at radius 2 is 2.40 bits per heavy atom. The fourth-order valence-electron chi connectivity index (χ4n) is 1.64. The SMILES string of the molecule is COC/C=C/c1cc(F)c2c(c1)OCC2. The zero-order valence-electron chi connectivity index (χ0n) is 8.63. The highest BCUT2D eigenvalue weighted by atomic mass is 19.1. The predicted octanol–water partition coefficient (Wildman–Crippen LogP) is 2.42. The Kier molecular flexibility index (Phi) is 3.02. The fourth-order valence-corrected chi connectivity index (χ4v) is 1.64. The average Bonchev–Trinajstić information content (AvgIpc) is 2.66. The smallest absolute Gasteiger partial charge is 0.130 e. The first-order chi connectivity index (χ1) is 7.31. The summed E-state index contributed by atoms with van der Waals surface area (Å²) in [6.07, 6.45) is 4.34.